The first-order valence-corrected chi connectivity index (χ1v) is 7.74. The van der Waals surface area contributed by atoms with Gasteiger partial charge in [-0.3, -0.25) is 9.59 Å². The molecule has 114 valence electrons. The molecule has 5 nitrogen and oxygen atoms in total. The molecule has 0 bridgehead atoms. The van der Waals surface area contributed by atoms with Crippen LogP contribution >= 0.6 is 15.9 Å². The van der Waals surface area contributed by atoms with Crippen molar-refractivity contribution in [3.8, 4) is 5.75 Å². The number of carbonyl (C=O) groups excluding carboxylic acids is 2. The van der Waals surface area contributed by atoms with Crippen molar-refractivity contribution in [2.45, 2.75) is 25.8 Å². The smallest absolute Gasteiger partial charge is 0.246 e. The highest BCUT2D eigenvalue weighted by Gasteiger charge is 2.43. The fourth-order valence-corrected chi connectivity index (χ4v) is 2.61. The van der Waals surface area contributed by atoms with E-state index in [4.69, 9.17) is 4.74 Å². The number of nitrogens with zero attached hydrogens (tertiary/aromatic N) is 1. The maximum absolute atomic E-state index is 12.1. The summed E-state index contributed by atoms with van der Waals surface area (Å²) in [6.45, 7) is 4.51. The van der Waals surface area contributed by atoms with Gasteiger partial charge in [-0.15, -0.1) is 0 Å². The molecule has 1 aromatic carbocycles. The lowest BCUT2D eigenvalue weighted by Gasteiger charge is -2.42. The Morgan fingerprint density at radius 2 is 2.00 bits per heavy atom. The van der Waals surface area contributed by atoms with Crippen LogP contribution in [0.25, 0.3) is 0 Å². The van der Waals surface area contributed by atoms with Crippen molar-refractivity contribution in [3.63, 3.8) is 0 Å². The number of amides is 2. The number of benzene rings is 1. The summed E-state index contributed by atoms with van der Waals surface area (Å²) in [7, 11) is 0. The van der Waals surface area contributed by atoms with Gasteiger partial charge in [0, 0.05) is 4.47 Å². The number of nitrogens with one attached hydrogen (secondary N) is 1. The molecular formula is C15H19BrN2O3. The average Bonchev–Trinajstić information content (AvgIpc) is 2.48. The topological polar surface area (TPSA) is 58.6 Å². The predicted octanol–water partition coefficient (Wildman–Crippen LogP) is 1.95. The Balaban J connectivity index is 1.98. The van der Waals surface area contributed by atoms with E-state index in [2.05, 4.69) is 21.2 Å². The summed E-state index contributed by atoms with van der Waals surface area (Å²) in [5.41, 5.74) is -0.793. The molecule has 6 heteroatoms. The summed E-state index contributed by atoms with van der Waals surface area (Å²) in [6.07, 6.45) is 0.572. The van der Waals surface area contributed by atoms with Crippen molar-refractivity contribution in [1.29, 1.82) is 0 Å². The van der Waals surface area contributed by atoms with E-state index in [0.717, 1.165) is 10.2 Å². The van der Waals surface area contributed by atoms with Crippen LogP contribution in [0.1, 0.15) is 20.3 Å². The number of hydrogen-bond donors (Lipinski definition) is 1. The maximum atomic E-state index is 12.1. The zero-order valence-corrected chi connectivity index (χ0v) is 13.8. The van der Waals surface area contributed by atoms with Crippen molar-refractivity contribution in [1.82, 2.24) is 10.2 Å². The van der Waals surface area contributed by atoms with Crippen LogP contribution in [0.15, 0.2) is 28.7 Å². The predicted molar refractivity (Wildman–Crippen MR) is 83.1 cm³/mol. The molecule has 1 atom stereocenters. The molecule has 1 fully saturated rings. The fourth-order valence-electron chi connectivity index (χ4n) is 2.35. The number of halogens is 1. The SMILES string of the molecule is CCC1(C)C(=O)NCC(=O)N1CCOc1ccc(Br)cc1. The first-order chi connectivity index (χ1) is 9.97. The van der Waals surface area contributed by atoms with E-state index < -0.39 is 5.54 Å². The third-order valence-corrected chi connectivity index (χ3v) is 4.40. The minimum atomic E-state index is -0.793. The molecule has 1 aliphatic heterocycles. The van der Waals surface area contributed by atoms with Crippen LogP contribution in [0.3, 0.4) is 0 Å². The molecule has 1 N–H and O–H groups in total. The number of carbonyl (C=O) groups is 2. The minimum Gasteiger partial charge on any atom is -0.492 e. The summed E-state index contributed by atoms with van der Waals surface area (Å²) in [5.74, 6) is 0.567. The Bertz CT molecular complexity index is 532. The molecule has 0 aromatic heterocycles. The summed E-state index contributed by atoms with van der Waals surface area (Å²) in [6, 6.07) is 7.50. The van der Waals surface area contributed by atoms with Gasteiger partial charge >= 0.3 is 0 Å². The van der Waals surface area contributed by atoms with Gasteiger partial charge in [0.15, 0.2) is 0 Å². The summed E-state index contributed by atoms with van der Waals surface area (Å²) >= 11 is 3.36. The molecule has 0 saturated carbocycles. The molecule has 2 rings (SSSR count). The molecule has 1 unspecified atom stereocenters. The highest BCUT2D eigenvalue weighted by molar-refractivity contribution is 9.10. The van der Waals surface area contributed by atoms with E-state index >= 15 is 0 Å². The third-order valence-electron chi connectivity index (χ3n) is 3.87. The number of rotatable bonds is 5. The Morgan fingerprint density at radius 1 is 1.33 bits per heavy atom. The van der Waals surface area contributed by atoms with Gasteiger partial charge in [-0.2, -0.15) is 0 Å². The molecule has 1 saturated heterocycles. The van der Waals surface area contributed by atoms with E-state index in [-0.39, 0.29) is 18.4 Å². The third kappa shape index (κ3) is 3.37. The van der Waals surface area contributed by atoms with Gasteiger partial charge in [0.25, 0.3) is 0 Å². The van der Waals surface area contributed by atoms with Crippen LogP contribution in [-0.2, 0) is 9.59 Å². The van der Waals surface area contributed by atoms with Crippen molar-refractivity contribution >= 4 is 27.7 Å². The zero-order valence-electron chi connectivity index (χ0n) is 12.2. The fraction of sp³-hybridized carbons (Fsp3) is 0.467. The number of hydrogen-bond acceptors (Lipinski definition) is 3. The molecule has 1 aromatic rings. The minimum absolute atomic E-state index is 0.0622. The molecule has 21 heavy (non-hydrogen) atoms. The summed E-state index contributed by atoms with van der Waals surface area (Å²) in [5, 5.41) is 2.64. The highest BCUT2D eigenvalue weighted by Crippen LogP contribution is 2.23. The summed E-state index contributed by atoms with van der Waals surface area (Å²) in [4.78, 5) is 25.7. The van der Waals surface area contributed by atoms with E-state index in [1.54, 1.807) is 11.8 Å². The highest BCUT2D eigenvalue weighted by atomic mass is 79.9. The summed E-state index contributed by atoms with van der Waals surface area (Å²) < 4.78 is 6.62. The molecule has 2 amide bonds. The second-order valence-corrected chi connectivity index (χ2v) is 6.07. The van der Waals surface area contributed by atoms with Gasteiger partial charge in [0.2, 0.25) is 11.8 Å². The molecule has 1 aliphatic rings. The van der Waals surface area contributed by atoms with Gasteiger partial charge in [0.05, 0.1) is 13.1 Å². The van der Waals surface area contributed by atoms with Crippen molar-refractivity contribution in [3.05, 3.63) is 28.7 Å². The Labute approximate surface area is 132 Å². The van der Waals surface area contributed by atoms with Crippen LogP contribution < -0.4 is 10.1 Å². The Hall–Kier alpha value is -1.56. The molecule has 0 radical (unpaired) electrons. The van der Waals surface area contributed by atoms with E-state index in [0.29, 0.717) is 19.6 Å². The van der Waals surface area contributed by atoms with Gasteiger partial charge < -0.3 is 15.0 Å². The van der Waals surface area contributed by atoms with Crippen molar-refractivity contribution in [2.24, 2.45) is 0 Å². The van der Waals surface area contributed by atoms with E-state index in [9.17, 15) is 9.59 Å². The normalized spacial score (nSPS) is 22.1. The molecular weight excluding hydrogens is 336 g/mol. The Morgan fingerprint density at radius 3 is 2.62 bits per heavy atom. The van der Waals surface area contributed by atoms with Crippen molar-refractivity contribution < 1.29 is 14.3 Å². The monoisotopic (exact) mass is 354 g/mol. The van der Waals surface area contributed by atoms with Gasteiger partial charge in [0.1, 0.15) is 17.9 Å². The van der Waals surface area contributed by atoms with Gasteiger partial charge in [-0.1, -0.05) is 22.9 Å². The van der Waals surface area contributed by atoms with Crippen LogP contribution in [0.2, 0.25) is 0 Å². The van der Waals surface area contributed by atoms with Gasteiger partial charge in [-0.05, 0) is 37.6 Å². The number of piperazine rings is 1. The lowest BCUT2D eigenvalue weighted by Crippen LogP contribution is -2.66. The maximum Gasteiger partial charge on any atom is 0.246 e. The standard InChI is InChI=1S/C15H19BrN2O3/c1-3-15(2)14(20)17-10-13(19)18(15)8-9-21-12-6-4-11(16)5-7-12/h4-7H,3,8-10H2,1-2H3,(H,17,20). The quantitative estimate of drug-likeness (QED) is 0.879. The molecule has 0 spiro atoms. The van der Waals surface area contributed by atoms with Crippen LogP contribution in [-0.4, -0.2) is 41.9 Å². The number of ether oxygens (including phenoxy) is 1. The van der Waals surface area contributed by atoms with Crippen LogP contribution in [0, 0.1) is 0 Å². The first kappa shape index (κ1) is 15.8. The van der Waals surface area contributed by atoms with E-state index in [1.807, 2.05) is 31.2 Å². The zero-order chi connectivity index (χ0) is 15.5. The van der Waals surface area contributed by atoms with Crippen LogP contribution in [0.4, 0.5) is 0 Å². The van der Waals surface area contributed by atoms with Crippen molar-refractivity contribution in [2.75, 3.05) is 19.7 Å². The largest absolute Gasteiger partial charge is 0.492 e. The second-order valence-electron chi connectivity index (χ2n) is 5.16. The molecule has 0 aliphatic carbocycles. The van der Waals surface area contributed by atoms with Crippen LogP contribution in [0.5, 0.6) is 5.75 Å². The lowest BCUT2D eigenvalue weighted by molar-refractivity contribution is -0.153. The van der Waals surface area contributed by atoms with E-state index in [1.165, 1.54) is 0 Å². The first-order valence-electron chi connectivity index (χ1n) is 6.94. The Kier molecular flexibility index (Phi) is 4.88. The van der Waals surface area contributed by atoms with Gasteiger partial charge in [-0.25, -0.2) is 0 Å². The molecule has 1 heterocycles. The average molecular weight is 355 g/mol. The lowest BCUT2D eigenvalue weighted by atomic mass is 9.93. The second kappa shape index (κ2) is 6.47.